The van der Waals surface area contributed by atoms with E-state index in [4.69, 9.17) is 5.11 Å². The Morgan fingerprint density at radius 2 is 1.76 bits per heavy atom. The first-order valence-electron chi connectivity index (χ1n) is 6.38. The van der Waals surface area contributed by atoms with Crippen LogP contribution in [0.3, 0.4) is 0 Å². The summed E-state index contributed by atoms with van der Waals surface area (Å²) in [7, 11) is 0. The van der Waals surface area contributed by atoms with Gasteiger partial charge in [0.25, 0.3) is 0 Å². The third kappa shape index (κ3) is 7.34. The lowest BCUT2D eigenvalue weighted by Gasteiger charge is -2.27. The van der Waals surface area contributed by atoms with Crippen LogP contribution in [-0.2, 0) is 4.79 Å². The number of rotatable bonds is 9. The first kappa shape index (κ1) is 16.4. The average Bonchev–Trinajstić information content (AvgIpc) is 2.16. The van der Waals surface area contributed by atoms with Crippen molar-refractivity contribution in [1.82, 2.24) is 5.32 Å². The highest BCUT2D eigenvalue weighted by Gasteiger charge is 2.30. The molecular formula is C13H27NO3. The molecule has 1 unspecified atom stereocenters. The first-order chi connectivity index (χ1) is 7.71. The van der Waals surface area contributed by atoms with Gasteiger partial charge in [-0.2, -0.15) is 0 Å². The van der Waals surface area contributed by atoms with Gasteiger partial charge in [-0.05, 0) is 18.8 Å². The van der Waals surface area contributed by atoms with Crippen molar-refractivity contribution in [3.8, 4) is 0 Å². The SMILES string of the molecule is CCCCCC(C)(C)CNCC(C)(O)C(=O)O. The summed E-state index contributed by atoms with van der Waals surface area (Å²) in [6, 6.07) is 0. The van der Waals surface area contributed by atoms with E-state index < -0.39 is 11.6 Å². The summed E-state index contributed by atoms with van der Waals surface area (Å²) in [5, 5.41) is 21.3. The molecule has 0 heterocycles. The third-order valence-electron chi connectivity index (χ3n) is 2.99. The van der Waals surface area contributed by atoms with E-state index in [1.165, 1.54) is 26.2 Å². The summed E-state index contributed by atoms with van der Waals surface area (Å²) in [5.41, 5.74) is -1.54. The number of aliphatic carboxylic acids is 1. The number of carboxylic acids is 1. The second-order valence-corrected chi connectivity index (χ2v) is 5.80. The summed E-state index contributed by atoms with van der Waals surface area (Å²) < 4.78 is 0. The topological polar surface area (TPSA) is 69.6 Å². The second-order valence-electron chi connectivity index (χ2n) is 5.80. The van der Waals surface area contributed by atoms with E-state index in [1.807, 2.05) is 0 Å². The van der Waals surface area contributed by atoms with Crippen molar-refractivity contribution in [3.05, 3.63) is 0 Å². The molecule has 0 saturated carbocycles. The van der Waals surface area contributed by atoms with Crippen LogP contribution < -0.4 is 5.32 Å². The Balaban J connectivity index is 3.90. The van der Waals surface area contributed by atoms with Gasteiger partial charge < -0.3 is 15.5 Å². The van der Waals surface area contributed by atoms with Crippen molar-refractivity contribution in [2.45, 2.75) is 59.0 Å². The molecule has 1 atom stereocenters. The molecular weight excluding hydrogens is 218 g/mol. The summed E-state index contributed by atoms with van der Waals surface area (Å²) in [5.74, 6) is -1.19. The highest BCUT2D eigenvalue weighted by Crippen LogP contribution is 2.22. The van der Waals surface area contributed by atoms with Crippen LogP contribution in [0.5, 0.6) is 0 Å². The van der Waals surface area contributed by atoms with Gasteiger partial charge in [0.05, 0.1) is 0 Å². The molecule has 0 spiro atoms. The molecule has 102 valence electrons. The molecule has 0 aliphatic carbocycles. The standard InChI is InChI=1S/C13H27NO3/c1-5-6-7-8-12(2,3)9-14-10-13(4,17)11(15)16/h14,17H,5-10H2,1-4H3,(H,15,16). The molecule has 0 aliphatic heterocycles. The number of hydrogen-bond acceptors (Lipinski definition) is 3. The van der Waals surface area contributed by atoms with Gasteiger partial charge in [0.15, 0.2) is 5.60 Å². The van der Waals surface area contributed by atoms with Gasteiger partial charge >= 0.3 is 5.97 Å². The summed E-state index contributed by atoms with van der Waals surface area (Å²) in [6.45, 7) is 8.61. The molecule has 0 radical (unpaired) electrons. The zero-order valence-electron chi connectivity index (χ0n) is 11.5. The molecule has 0 amide bonds. The molecule has 17 heavy (non-hydrogen) atoms. The number of nitrogens with one attached hydrogen (secondary N) is 1. The second kappa shape index (κ2) is 6.97. The lowest BCUT2D eigenvalue weighted by atomic mass is 9.86. The quantitative estimate of drug-likeness (QED) is 0.544. The van der Waals surface area contributed by atoms with E-state index in [9.17, 15) is 9.90 Å². The number of hydrogen-bond donors (Lipinski definition) is 3. The molecule has 3 N–H and O–H groups in total. The molecule has 0 saturated heterocycles. The Kier molecular flexibility index (Phi) is 6.72. The van der Waals surface area contributed by atoms with Crippen molar-refractivity contribution in [2.24, 2.45) is 5.41 Å². The maximum Gasteiger partial charge on any atom is 0.336 e. The van der Waals surface area contributed by atoms with Crippen molar-refractivity contribution < 1.29 is 15.0 Å². The normalized spacial score (nSPS) is 15.6. The lowest BCUT2D eigenvalue weighted by Crippen LogP contribution is -2.46. The average molecular weight is 245 g/mol. The van der Waals surface area contributed by atoms with E-state index in [1.54, 1.807) is 0 Å². The van der Waals surface area contributed by atoms with Crippen LogP contribution in [0.2, 0.25) is 0 Å². The summed E-state index contributed by atoms with van der Waals surface area (Å²) in [6.07, 6.45) is 4.75. The first-order valence-corrected chi connectivity index (χ1v) is 6.38. The Hall–Kier alpha value is -0.610. The Morgan fingerprint density at radius 3 is 2.24 bits per heavy atom. The minimum Gasteiger partial charge on any atom is -0.479 e. The minimum absolute atomic E-state index is 0.0829. The zero-order chi connectivity index (χ0) is 13.5. The Labute approximate surface area is 104 Å². The number of carboxylic acid groups (broad SMARTS) is 1. The van der Waals surface area contributed by atoms with E-state index in [-0.39, 0.29) is 12.0 Å². The largest absolute Gasteiger partial charge is 0.479 e. The van der Waals surface area contributed by atoms with Gasteiger partial charge in [-0.3, -0.25) is 0 Å². The monoisotopic (exact) mass is 245 g/mol. The fourth-order valence-corrected chi connectivity index (χ4v) is 1.66. The van der Waals surface area contributed by atoms with Gasteiger partial charge in [-0.1, -0.05) is 40.0 Å². The van der Waals surface area contributed by atoms with Crippen molar-refractivity contribution in [1.29, 1.82) is 0 Å². The fourth-order valence-electron chi connectivity index (χ4n) is 1.66. The minimum atomic E-state index is -1.68. The molecule has 0 aromatic rings. The fraction of sp³-hybridized carbons (Fsp3) is 0.923. The Morgan fingerprint density at radius 1 is 1.18 bits per heavy atom. The van der Waals surface area contributed by atoms with Crippen LogP contribution in [0.15, 0.2) is 0 Å². The predicted octanol–water partition coefficient (Wildman–Crippen LogP) is 2.02. The van der Waals surface area contributed by atoms with Crippen LogP contribution >= 0.6 is 0 Å². The zero-order valence-corrected chi connectivity index (χ0v) is 11.5. The summed E-state index contributed by atoms with van der Waals surface area (Å²) in [4.78, 5) is 10.7. The van der Waals surface area contributed by atoms with E-state index >= 15 is 0 Å². The molecule has 0 aliphatic rings. The summed E-state index contributed by atoms with van der Waals surface area (Å²) >= 11 is 0. The highest BCUT2D eigenvalue weighted by molar-refractivity contribution is 5.76. The maximum atomic E-state index is 10.7. The van der Waals surface area contributed by atoms with Crippen molar-refractivity contribution >= 4 is 5.97 Å². The Bertz CT molecular complexity index is 237. The number of unbranched alkanes of at least 4 members (excludes halogenated alkanes) is 2. The van der Waals surface area contributed by atoms with Crippen LogP contribution in [-0.4, -0.2) is 34.9 Å². The van der Waals surface area contributed by atoms with E-state index in [0.29, 0.717) is 0 Å². The highest BCUT2D eigenvalue weighted by atomic mass is 16.4. The third-order valence-corrected chi connectivity index (χ3v) is 2.99. The lowest BCUT2D eigenvalue weighted by molar-refractivity contribution is -0.156. The van der Waals surface area contributed by atoms with Crippen LogP contribution in [0, 0.1) is 5.41 Å². The predicted molar refractivity (Wildman–Crippen MR) is 69.1 cm³/mol. The smallest absolute Gasteiger partial charge is 0.336 e. The molecule has 0 rings (SSSR count). The molecule has 0 fully saturated rings. The molecule has 0 bridgehead atoms. The van der Waals surface area contributed by atoms with Gasteiger partial charge in [0.1, 0.15) is 0 Å². The van der Waals surface area contributed by atoms with Gasteiger partial charge in [-0.15, -0.1) is 0 Å². The van der Waals surface area contributed by atoms with E-state index in [2.05, 4.69) is 26.1 Å². The van der Waals surface area contributed by atoms with Crippen LogP contribution in [0.1, 0.15) is 53.4 Å². The van der Waals surface area contributed by atoms with Gasteiger partial charge in [0.2, 0.25) is 0 Å². The molecule has 0 aromatic heterocycles. The van der Waals surface area contributed by atoms with Crippen LogP contribution in [0.4, 0.5) is 0 Å². The van der Waals surface area contributed by atoms with Crippen molar-refractivity contribution in [3.63, 3.8) is 0 Å². The molecule has 4 nitrogen and oxygen atoms in total. The van der Waals surface area contributed by atoms with Gasteiger partial charge in [-0.25, -0.2) is 4.79 Å². The number of aliphatic hydroxyl groups is 1. The van der Waals surface area contributed by atoms with E-state index in [0.717, 1.165) is 13.0 Å². The van der Waals surface area contributed by atoms with Crippen LogP contribution in [0.25, 0.3) is 0 Å². The maximum absolute atomic E-state index is 10.7. The van der Waals surface area contributed by atoms with Crippen molar-refractivity contribution in [2.75, 3.05) is 13.1 Å². The molecule has 0 aromatic carbocycles. The van der Waals surface area contributed by atoms with Gasteiger partial charge in [0, 0.05) is 13.1 Å². The molecule has 4 heteroatoms. The number of carbonyl (C=O) groups is 1.